The minimum absolute atomic E-state index is 0.541. The fourth-order valence-corrected chi connectivity index (χ4v) is 2.51. The highest BCUT2D eigenvalue weighted by Crippen LogP contribution is 2.40. The van der Waals surface area contributed by atoms with Crippen LogP contribution in [0.25, 0.3) is 0 Å². The van der Waals surface area contributed by atoms with E-state index in [-0.39, 0.29) is 0 Å². The van der Waals surface area contributed by atoms with Gasteiger partial charge in [-0.15, -0.1) is 0 Å². The minimum Gasteiger partial charge on any atom is -0.493 e. The van der Waals surface area contributed by atoms with Crippen molar-refractivity contribution in [3.8, 4) is 17.2 Å². The fraction of sp³-hybridized carbons (Fsp3) is 0.222. The Balaban J connectivity index is 1.83. The lowest BCUT2D eigenvalue weighted by Gasteiger charge is -2.15. The number of nitrogens with one attached hydrogen (secondary N) is 2. The maximum absolute atomic E-state index is 5.37. The van der Waals surface area contributed by atoms with Crippen LogP contribution in [0.3, 0.4) is 0 Å². The largest absolute Gasteiger partial charge is 0.493 e. The Morgan fingerprint density at radius 1 is 0.846 bits per heavy atom. The zero-order valence-electron chi connectivity index (χ0n) is 15.1. The summed E-state index contributed by atoms with van der Waals surface area (Å²) in [6.07, 6.45) is 3.59. The second kappa shape index (κ2) is 7.64. The summed E-state index contributed by atoms with van der Waals surface area (Å²) in [5.74, 6) is 3.10. The third-order valence-corrected chi connectivity index (χ3v) is 3.68. The Hall–Kier alpha value is -3.42. The number of pyridine rings is 1. The molecular weight excluding hydrogens is 334 g/mol. The molecule has 0 unspecified atom stereocenters. The van der Waals surface area contributed by atoms with E-state index >= 15 is 0 Å². The lowest BCUT2D eigenvalue weighted by atomic mass is 10.2. The molecule has 3 rings (SSSR count). The van der Waals surface area contributed by atoms with Crippen molar-refractivity contribution in [2.45, 2.75) is 0 Å². The normalized spacial score (nSPS) is 10.3. The molecule has 0 radical (unpaired) electrons. The molecule has 1 aromatic carbocycles. The topological polar surface area (TPSA) is 82.5 Å². The first-order valence-corrected chi connectivity index (χ1v) is 7.92. The summed E-state index contributed by atoms with van der Waals surface area (Å²) >= 11 is 0. The summed E-state index contributed by atoms with van der Waals surface area (Å²) < 4.78 is 17.8. The van der Waals surface area contributed by atoms with Gasteiger partial charge in [-0.05, 0) is 6.07 Å². The summed E-state index contributed by atoms with van der Waals surface area (Å²) in [5.41, 5.74) is 1.63. The summed E-state index contributed by atoms with van der Waals surface area (Å²) in [5, 5.41) is 10.8. The van der Waals surface area contributed by atoms with Gasteiger partial charge < -0.3 is 24.8 Å². The number of benzene rings is 1. The molecule has 8 heteroatoms. The van der Waals surface area contributed by atoms with Crippen molar-refractivity contribution in [3.63, 3.8) is 0 Å². The number of methoxy groups -OCH3 is 3. The molecule has 2 aromatic heterocycles. The lowest BCUT2D eigenvalue weighted by molar-refractivity contribution is 0.324. The average molecular weight is 355 g/mol. The number of rotatable bonds is 7. The van der Waals surface area contributed by atoms with Gasteiger partial charge in [-0.2, -0.15) is 5.10 Å². The molecule has 26 heavy (non-hydrogen) atoms. The number of nitrogens with zero attached hydrogens (tertiary/aromatic N) is 3. The Morgan fingerprint density at radius 3 is 2.12 bits per heavy atom. The monoisotopic (exact) mass is 355 g/mol. The number of aromatic nitrogens is 3. The van der Waals surface area contributed by atoms with Crippen LogP contribution in [0, 0.1) is 0 Å². The number of hydrogen-bond donors (Lipinski definition) is 2. The van der Waals surface area contributed by atoms with Crippen LogP contribution < -0.4 is 24.8 Å². The highest BCUT2D eigenvalue weighted by molar-refractivity contribution is 5.69. The minimum atomic E-state index is 0.541. The van der Waals surface area contributed by atoms with Crippen molar-refractivity contribution in [1.82, 2.24) is 14.8 Å². The van der Waals surface area contributed by atoms with Gasteiger partial charge in [-0.3, -0.25) is 4.68 Å². The van der Waals surface area contributed by atoms with E-state index in [9.17, 15) is 0 Å². The molecule has 0 bridgehead atoms. The second-order valence-electron chi connectivity index (χ2n) is 5.47. The molecule has 0 saturated heterocycles. The zero-order valence-corrected chi connectivity index (χ0v) is 15.1. The van der Waals surface area contributed by atoms with Crippen LogP contribution in [0.15, 0.2) is 42.7 Å². The summed E-state index contributed by atoms with van der Waals surface area (Å²) in [6.45, 7) is 0. The van der Waals surface area contributed by atoms with Gasteiger partial charge >= 0.3 is 0 Å². The van der Waals surface area contributed by atoms with E-state index in [4.69, 9.17) is 14.2 Å². The predicted molar refractivity (Wildman–Crippen MR) is 100 cm³/mol. The van der Waals surface area contributed by atoms with E-state index < -0.39 is 0 Å². The van der Waals surface area contributed by atoms with Gasteiger partial charge in [-0.25, -0.2) is 4.98 Å². The summed E-state index contributed by atoms with van der Waals surface area (Å²) in [7, 11) is 6.60. The Labute approximate surface area is 151 Å². The Kier molecular flexibility index (Phi) is 5.12. The van der Waals surface area contributed by atoms with E-state index in [0.29, 0.717) is 23.1 Å². The standard InChI is InChI=1S/C18H21N5O3/c1-23-8-6-16(22-23)20-12-5-7-19-17(11-12)21-13-9-14(24-2)18(26-4)15(10-13)25-3/h5-11H,1-4H3,(H2,19,20,21,22). The summed E-state index contributed by atoms with van der Waals surface area (Å²) in [4.78, 5) is 4.35. The van der Waals surface area contributed by atoms with Gasteiger partial charge in [0, 0.05) is 55.1 Å². The Bertz CT molecular complexity index is 869. The van der Waals surface area contributed by atoms with Crippen molar-refractivity contribution in [3.05, 3.63) is 42.7 Å². The molecule has 0 amide bonds. The first-order chi connectivity index (χ1) is 12.6. The maximum Gasteiger partial charge on any atom is 0.203 e. The van der Waals surface area contributed by atoms with Crippen LogP contribution in [0.2, 0.25) is 0 Å². The maximum atomic E-state index is 5.37. The highest BCUT2D eigenvalue weighted by atomic mass is 16.5. The molecule has 0 aliphatic rings. The van der Waals surface area contributed by atoms with Crippen LogP contribution in [0.5, 0.6) is 17.2 Å². The molecular formula is C18H21N5O3. The lowest BCUT2D eigenvalue weighted by Crippen LogP contribution is -1.99. The van der Waals surface area contributed by atoms with E-state index in [0.717, 1.165) is 17.2 Å². The van der Waals surface area contributed by atoms with Crippen LogP contribution >= 0.6 is 0 Å². The third-order valence-electron chi connectivity index (χ3n) is 3.68. The van der Waals surface area contributed by atoms with Gasteiger partial charge in [0.15, 0.2) is 17.3 Å². The number of anilines is 4. The van der Waals surface area contributed by atoms with E-state index in [1.54, 1.807) is 32.2 Å². The molecule has 0 aliphatic carbocycles. The first kappa shape index (κ1) is 17.4. The smallest absolute Gasteiger partial charge is 0.203 e. The highest BCUT2D eigenvalue weighted by Gasteiger charge is 2.13. The van der Waals surface area contributed by atoms with Crippen LogP contribution in [-0.4, -0.2) is 36.1 Å². The number of aryl methyl sites for hydroxylation is 1. The van der Waals surface area contributed by atoms with E-state index in [1.807, 2.05) is 43.6 Å². The van der Waals surface area contributed by atoms with Crippen molar-refractivity contribution in [2.24, 2.45) is 7.05 Å². The van der Waals surface area contributed by atoms with Crippen molar-refractivity contribution < 1.29 is 14.2 Å². The first-order valence-electron chi connectivity index (χ1n) is 7.92. The summed E-state index contributed by atoms with van der Waals surface area (Å²) in [6, 6.07) is 9.30. The average Bonchev–Trinajstić information content (AvgIpc) is 3.05. The molecule has 0 saturated carbocycles. The molecule has 0 fully saturated rings. The molecule has 2 N–H and O–H groups in total. The molecule has 136 valence electrons. The third kappa shape index (κ3) is 3.80. The molecule has 3 aromatic rings. The number of ether oxygens (including phenoxy) is 3. The SMILES string of the molecule is COc1cc(Nc2cc(Nc3ccn(C)n3)ccn2)cc(OC)c1OC. The van der Waals surface area contributed by atoms with Crippen molar-refractivity contribution in [1.29, 1.82) is 0 Å². The second-order valence-corrected chi connectivity index (χ2v) is 5.47. The molecule has 0 aliphatic heterocycles. The number of hydrogen-bond acceptors (Lipinski definition) is 7. The van der Waals surface area contributed by atoms with E-state index in [1.165, 1.54) is 0 Å². The molecule has 2 heterocycles. The van der Waals surface area contributed by atoms with Gasteiger partial charge in [0.25, 0.3) is 0 Å². The van der Waals surface area contributed by atoms with Gasteiger partial charge in [-0.1, -0.05) is 0 Å². The fourth-order valence-electron chi connectivity index (χ4n) is 2.51. The molecule has 0 atom stereocenters. The van der Waals surface area contributed by atoms with Crippen LogP contribution in [0.4, 0.5) is 23.0 Å². The van der Waals surface area contributed by atoms with Crippen molar-refractivity contribution in [2.75, 3.05) is 32.0 Å². The van der Waals surface area contributed by atoms with E-state index in [2.05, 4.69) is 20.7 Å². The zero-order chi connectivity index (χ0) is 18.5. The van der Waals surface area contributed by atoms with Gasteiger partial charge in [0.1, 0.15) is 5.82 Å². The quantitative estimate of drug-likeness (QED) is 0.673. The van der Waals surface area contributed by atoms with Crippen molar-refractivity contribution >= 4 is 23.0 Å². The van der Waals surface area contributed by atoms with Gasteiger partial charge in [0.05, 0.1) is 21.3 Å². The van der Waals surface area contributed by atoms with Gasteiger partial charge in [0.2, 0.25) is 5.75 Å². The Morgan fingerprint density at radius 2 is 1.54 bits per heavy atom. The van der Waals surface area contributed by atoms with Crippen LogP contribution in [-0.2, 0) is 7.05 Å². The predicted octanol–water partition coefficient (Wildman–Crippen LogP) is 3.33. The van der Waals surface area contributed by atoms with Crippen LogP contribution in [0.1, 0.15) is 0 Å². The molecule has 0 spiro atoms. The molecule has 8 nitrogen and oxygen atoms in total.